The number of hydrogen-bond acceptors (Lipinski definition) is 2. The van der Waals surface area contributed by atoms with Crippen LogP contribution in [-0.2, 0) is 6.42 Å². The minimum atomic E-state index is 0. The zero-order chi connectivity index (χ0) is 8.39. The third-order valence-corrected chi connectivity index (χ3v) is 1.86. The van der Waals surface area contributed by atoms with Gasteiger partial charge in [-0.3, -0.25) is 0 Å². The fourth-order valence-corrected chi connectivity index (χ4v) is 1.18. The van der Waals surface area contributed by atoms with Crippen molar-refractivity contribution in [2.75, 3.05) is 0 Å². The first-order valence-corrected chi connectivity index (χ1v) is 4.11. The van der Waals surface area contributed by atoms with E-state index in [0.29, 0.717) is 0 Å². The second kappa shape index (κ2) is 4.50. The number of para-hydroxylation sites is 1. The Morgan fingerprint density at radius 3 is 2.77 bits per heavy atom. The molecular weight excluding hydrogens is 275 g/mol. The molecule has 1 heterocycles. The SMILES string of the molecule is CCc1ncc2ccccc2n1.I. The monoisotopic (exact) mass is 286 g/mol. The minimum absolute atomic E-state index is 0. The summed E-state index contributed by atoms with van der Waals surface area (Å²) in [5.41, 5.74) is 1.03. The van der Waals surface area contributed by atoms with Crippen LogP contribution in [0.25, 0.3) is 10.9 Å². The van der Waals surface area contributed by atoms with E-state index in [0.717, 1.165) is 23.1 Å². The van der Waals surface area contributed by atoms with Crippen molar-refractivity contribution in [3.8, 4) is 0 Å². The average molecular weight is 286 g/mol. The molecule has 2 rings (SSSR count). The molecule has 0 spiro atoms. The standard InChI is InChI=1S/C10H10N2.HI/c1-2-10-11-7-8-5-3-4-6-9(8)12-10;/h3-7H,2H2,1H3;1H. The first kappa shape index (κ1) is 10.4. The number of rotatable bonds is 1. The van der Waals surface area contributed by atoms with Crippen molar-refractivity contribution in [3.05, 3.63) is 36.3 Å². The van der Waals surface area contributed by atoms with Crippen LogP contribution in [0.4, 0.5) is 0 Å². The van der Waals surface area contributed by atoms with Crippen molar-refractivity contribution in [3.63, 3.8) is 0 Å². The third kappa shape index (κ3) is 2.15. The Labute approximate surface area is 94.4 Å². The van der Waals surface area contributed by atoms with Gasteiger partial charge in [-0.2, -0.15) is 0 Å². The fraction of sp³-hybridized carbons (Fsp3) is 0.200. The van der Waals surface area contributed by atoms with Gasteiger partial charge in [0.25, 0.3) is 0 Å². The molecule has 0 atom stereocenters. The Morgan fingerprint density at radius 2 is 2.00 bits per heavy atom. The van der Waals surface area contributed by atoms with E-state index in [9.17, 15) is 0 Å². The molecule has 3 heteroatoms. The highest BCUT2D eigenvalue weighted by Gasteiger charge is 1.95. The molecule has 0 bridgehead atoms. The average Bonchev–Trinajstić information content (AvgIpc) is 2.17. The van der Waals surface area contributed by atoms with Crippen LogP contribution >= 0.6 is 24.0 Å². The summed E-state index contributed by atoms with van der Waals surface area (Å²) in [5, 5.41) is 1.11. The van der Waals surface area contributed by atoms with E-state index in [-0.39, 0.29) is 24.0 Å². The Balaban J connectivity index is 0.000000845. The molecule has 0 aliphatic heterocycles. The molecule has 0 radical (unpaired) electrons. The maximum atomic E-state index is 4.38. The number of benzene rings is 1. The Hall–Kier alpha value is -0.710. The van der Waals surface area contributed by atoms with E-state index < -0.39 is 0 Å². The molecule has 0 N–H and O–H groups in total. The molecule has 0 saturated carbocycles. The normalized spacial score (nSPS) is 9.62. The molecule has 0 amide bonds. The van der Waals surface area contributed by atoms with Gasteiger partial charge in [-0.25, -0.2) is 9.97 Å². The lowest BCUT2D eigenvalue weighted by Crippen LogP contribution is -1.91. The van der Waals surface area contributed by atoms with Crippen LogP contribution in [-0.4, -0.2) is 9.97 Å². The molecule has 0 aliphatic carbocycles. The Kier molecular flexibility index (Phi) is 3.59. The summed E-state index contributed by atoms with van der Waals surface area (Å²) in [4.78, 5) is 8.60. The van der Waals surface area contributed by atoms with Crippen LogP contribution in [0, 0.1) is 0 Å². The highest BCUT2D eigenvalue weighted by Crippen LogP contribution is 2.09. The molecule has 0 saturated heterocycles. The van der Waals surface area contributed by atoms with Crippen LogP contribution in [0.5, 0.6) is 0 Å². The van der Waals surface area contributed by atoms with Gasteiger partial charge in [-0.05, 0) is 6.07 Å². The molecule has 1 aromatic heterocycles. The number of nitrogens with zero attached hydrogens (tertiary/aromatic N) is 2. The lowest BCUT2D eigenvalue weighted by molar-refractivity contribution is 0.961. The predicted octanol–water partition coefficient (Wildman–Crippen LogP) is 2.81. The first-order valence-electron chi connectivity index (χ1n) is 4.11. The zero-order valence-corrected chi connectivity index (χ0v) is 9.73. The van der Waals surface area contributed by atoms with E-state index in [1.165, 1.54) is 0 Å². The molecule has 0 aliphatic rings. The number of halogens is 1. The summed E-state index contributed by atoms with van der Waals surface area (Å²) in [6.45, 7) is 2.06. The summed E-state index contributed by atoms with van der Waals surface area (Å²) in [6.07, 6.45) is 2.77. The summed E-state index contributed by atoms with van der Waals surface area (Å²) in [6, 6.07) is 8.02. The van der Waals surface area contributed by atoms with E-state index in [1.54, 1.807) is 0 Å². The van der Waals surface area contributed by atoms with Gasteiger partial charge in [0.05, 0.1) is 5.52 Å². The van der Waals surface area contributed by atoms with Crippen molar-refractivity contribution in [2.24, 2.45) is 0 Å². The topological polar surface area (TPSA) is 25.8 Å². The van der Waals surface area contributed by atoms with Crippen molar-refractivity contribution in [1.82, 2.24) is 9.97 Å². The van der Waals surface area contributed by atoms with Crippen LogP contribution in [0.3, 0.4) is 0 Å². The molecule has 0 unspecified atom stereocenters. The molecule has 68 valence electrons. The number of hydrogen-bond donors (Lipinski definition) is 0. The molecule has 1 aromatic carbocycles. The lowest BCUT2D eigenvalue weighted by Gasteiger charge is -1.97. The molecular formula is C10H11IN2. The van der Waals surface area contributed by atoms with Crippen molar-refractivity contribution in [1.29, 1.82) is 0 Å². The molecule has 0 fully saturated rings. The maximum absolute atomic E-state index is 4.38. The summed E-state index contributed by atoms with van der Waals surface area (Å²) < 4.78 is 0. The molecule has 2 aromatic rings. The van der Waals surface area contributed by atoms with E-state index >= 15 is 0 Å². The van der Waals surface area contributed by atoms with Crippen molar-refractivity contribution >= 4 is 34.9 Å². The van der Waals surface area contributed by atoms with Crippen molar-refractivity contribution in [2.45, 2.75) is 13.3 Å². The van der Waals surface area contributed by atoms with E-state index in [1.807, 2.05) is 30.5 Å². The largest absolute Gasteiger partial charge is 0.241 e. The van der Waals surface area contributed by atoms with Crippen LogP contribution in [0.2, 0.25) is 0 Å². The number of aryl methyl sites for hydroxylation is 1. The van der Waals surface area contributed by atoms with Crippen molar-refractivity contribution < 1.29 is 0 Å². The maximum Gasteiger partial charge on any atom is 0.128 e. The van der Waals surface area contributed by atoms with Gasteiger partial charge >= 0.3 is 0 Å². The van der Waals surface area contributed by atoms with Gasteiger partial charge in [0.2, 0.25) is 0 Å². The van der Waals surface area contributed by atoms with Gasteiger partial charge in [0.15, 0.2) is 0 Å². The first-order chi connectivity index (χ1) is 5.90. The quantitative estimate of drug-likeness (QED) is 0.753. The molecule has 13 heavy (non-hydrogen) atoms. The minimum Gasteiger partial charge on any atom is -0.241 e. The second-order valence-electron chi connectivity index (χ2n) is 2.70. The van der Waals surface area contributed by atoms with Gasteiger partial charge in [-0.15, -0.1) is 24.0 Å². The van der Waals surface area contributed by atoms with Crippen LogP contribution in [0.1, 0.15) is 12.7 Å². The summed E-state index contributed by atoms with van der Waals surface area (Å²) in [7, 11) is 0. The second-order valence-corrected chi connectivity index (χ2v) is 2.70. The van der Waals surface area contributed by atoms with Gasteiger partial charge in [-0.1, -0.05) is 25.1 Å². The smallest absolute Gasteiger partial charge is 0.128 e. The van der Waals surface area contributed by atoms with Gasteiger partial charge in [0, 0.05) is 18.0 Å². The van der Waals surface area contributed by atoms with Crippen LogP contribution < -0.4 is 0 Å². The van der Waals surface area contributed by atoms with Gasteiger partial charge < -0.3 is 0 Å². The summed E-state index contributed by atoms with van der Waals surface area (Å²) >= 11 is 0. The Bertz CT molecular complexity index is 401. The van der Waals surface area contributed by atoms with Gasteiger partial charge in [0.1, 0.15) is 5.82 Å². The Morgan fingerprint density at radius 1 is 1.23 bits per heavy atom. The third-order valence-electron chi connectivity index (χ3n) is 1.86. The highest BCUT2D eigenvalue weighted by atomic mass is 127. The zero-order valence-electron chi connectivity index (χ0n) is 7.40. The number of fused-ring (bicyclic) bond motifs is 1. The number of aromatic nitrogens is 2. The predicted molar refractivity (Wildman–Crippen MR) is 64.3 cm³/mol. The van der Waals surface area contributed by atoms with E-state index in [4.69, 9.17) is 0 Å². The lowest BCUT2D eigenvalue weighted by atomic mass is 10.2. The highest BCUT2D eigenvalue weighted by molar-refractivity contribution is 14.0. The van der Waals surface area contributed by atoms with E-state index in [2.05, 4.69) is 16.9 Å². The molecule has 2 nitrogen and oxygen atoms in total. The summed E-state index contributed by atoms with van der Waals surface area (Å²) in [5.74, 6) is 0.911. The van der Waals surface area contributed by atoms with Crippen LogP contribution in [0.15, 0.2) is 30.5 Å². The fourth-order valence-electron chi connectivity index (χ4n) is 1.18.